The van der Waals surface area contributed by atoms with Crippen LogP contribution in [-0.4, -0.2) is 16.7 Å². The zero-order valence-corrected chi connectivity index (χ0v) is 11.3. The zero-order valence-electron chi connectivity index (χ0n) is 11.3. The van der Waals surface area contributed by atoms with Gasteiger partial charge in [-0.15, -0.1) is 0 Å². The summed E-state index contributed by atoms with van der Waals surface area (Å²) in [6, 6.07) is 15.3. The van der Waals surface area contributed by atoms with Crippen molar-refractivity contribution < 1.29 is 14.6 Å². The lowest BCUT2D eigenvalue weighted by molar-refractivity contribution is 0.0697. The van der Waals surface area contributed by atoms with Crippen LogP contribution in [0, 0.1) is 0 Å². The van der Waals surface area contributed by atoms with Gasteiger partial charge in [-0.2, -0.15) is 0 Å². The van der Waals surface area contributed by atoms with E-state index in [4.69, 9.17) is 9.84 Å². The number of hydrogen-bond acceptors (Lipinski definition) is 2. The van der Waals surface area contributed by atoms with Crippen LogP contribution < -0.4 is 4.74 Å². The van der Waals surface area contributed by atoms with E-state index in [2.05, 4.69) is 19.1 Å². The quantitative estimate of drug-likeness (QED) is 0.928. The molecule has 20 heavy (non-hydrogen) atoms. The number of rotatable bonds is 3. The molecule has 1 heterocycles. The van der Waals surface area contributed by atoms with Crippen molar-refractivity contribution in [2.45, 2.75) is 25.4 Å². The summed E-state index contributed by atoms with van der Waals surface area (Å²) in [4.78, 5) is 11.0. The van der Waals surface area contributed by atoms with Crippen LogP contribution in [0.5, 0.6) is 5.75 Å². The zero-order chi connectivity index (χ0) is 14.2. The largest absolute Gasteiger partial charge is 0.487 e. The molecule has 3 heteroatoms. The molecule has 0 saturated carbocycles. The van der Waals surface area contributed by atoms with Crippen LogP contribution in [0.25, 0.3) is 0 Å². The summed E-state index contributed by atoms with van der Waals surface area (Å²) in [5.41, 5.74) is 2.21. The van der Waals surface area contributed by atoms with Crippen molar-refractivity contribution >= 4 is 5.97 Å². The number of hydrogen-bond donors (Lipinski definition) is 1. The molecule has 1 aliphatic heterocycles. The molecule has 102 valence electrons. The lowest BCUT2D eigenvalue weighted by Gasteiger charge is -2.24. The molecule has 0 saturated heterocycles. The van der Waals surface area contributed by atoms with E-state index in [1.165, 1.54) is 5.56 Å². The average molecular weight is 268 g/mol. The number of benzene rings is 2. The van der Waals surface area contributed by atoms with Gasteiger partial charge in [0, 0.05) is 12.8 Å². The van der Waals surface area contributed by atoms with Crippen molar-refractivity contribution in [1.29, 1.82) is 0 Å². The van der Waals surface area contributed by atoms with E-state index in [0.717, 1.165) is 24.2 Å². The monoisotopic (exact) mass is 268 g/mol. The molecule has 3 rings (SSSR count). The smallest absolute Gasteiger partial charge is 0.335 e. The van der Waals surface area contributed by atoms with Gasteiger partial charge in [0.05, 0.1) is 5.56 Å². The van der Waals surface area contributed by atoms with Crippen LogP contribution in [0.2, 0.25) is 0 Å². The first-order valence-corrected chi connectivity index (χ1v) is 6.65. The second-order valence-electron chi connectivity index (χ2n) is 5.52. The van der Waals surface area contributed by atoms with E-state index >= 15 is 0 Å². The molecule has 0 fully saturated rings. The second-order valence-corrected chi connectivity index (χ2v) is 5.52. The molecule has 3 nitrogen and oxygen atoms in total. The predicted octanol–water partition coefficient (Wildman–Crippen LogP) is 3.32. The number of carbonyl (C=O) groups is 1. The Morgan fingerprint density at radius 3 is 2.70 bits per heavy atom. The Kier molecular flexibility index (Phi) is 2.97. The maximum Gasteiger partial charge on any atom is 0.335 e. The summed E-state index contributed by atoms with van der Waals surface area (Å²) in [6.45, 7) is 2.07. The average Bonchev–Trinajstić information content (AvgIpc) is 2.74. The fraction of sp³-hybridized carbons (Fsp3) is 0.235. The minimum atomic E-state index is -0.899. The molecule has 1 atom stereocenters. The summed E-state index contributed by atoms with van der Waals surface area (Å²) in [5.74, 6) is -0.0992. The highest BCUT2D eigenvalue weighted by Gasteiger charge is 2.35. The van der Waals surface area contributed by atoms with Crippen molar-refractivity contribution in [3.63, 3.8) is 0 Å². The first kappa shape index (κ1) is 12.7. The van der Waals surface area contributed by atoms with Crippen LogP contribution in [-0.2, 0) is 12.8 Å². The molecule has 2 aromatic carbocycles. The first-order chi connectivity index (χ1) is 9.56. The Morgan fingerprint density at radius 2 is 2.00 bits per heavy atom. The predicted molar refractivity (Wildman–Crippen MR) is 76.3 cm³/mol. The topological polar surface area (TPSA) is 46.5 Å². The number of carboxylic acids is 1. The van der Waals surface area contributed by atoms with Crippen LogP contribution in [0.1, 0.15) is 28.4 Å². The highest BCUT2D eigenvalue weighted by Crippen LogP contribution is 2.37. The fourth-order valence-electron chi connectivity index (χ4n) is 2.78. The van der Waals surface area contributed by atoms with E-state index in [1.54, 1.807) is 18.2 Å². The molecular formula is C17H16O3. The van der Waals surface area contributed by atoms with Crippen LogP contribution in [0.4, 0.5) is 0 Å². The molecule has 1 unspecified atom stereocenters. The lowest BCUT2D eigenvalue weighted by atomic mass is 9.91. The Bertz CT molecular complexity index is 649. The summed E-state index contributed by atoms with van der Waals surface area (Å²) < 4.78 is 6.04. The Balaban J connectivity index is 1.84. The molecule has 0 aliphatic carbocycles. The molecule has 0 radical (unpaired) electrons. The molecular weight excluding hydrogens is 252 g/mol. The van der Waals surface area contributed by atoms with Crippen molar-refractivity contribution in [2.24, 2.45) is 0 Å². The summed E-state index contributed by atoms with van der Waals surface area (Å²) in [6.07, 6.45) is 1.54. The van der Waals surface area contributed by atoms with Gasteiger partial charge in [-0.3, -0.25) is 0 Å². The van der Waals surface area contributed by atoms with Gasteiger partial charge >= 0.3 is 5.97 Å². The molecule has 2 aromatic rings. The third kappa shape index (κ3) is 2.39. The van der Waals surface area contributed by atoms with Crippen molar-refractivity contribution in [3.8, 4) is 5.75 Å². The molecule has 0 spiro atoms. The Labute approximate surface area is 117 Å². The third-order valence-corrected chi connectivity index (χ3v) is 3.65. The minimum Gasteiger partial charge on any atom is -0.487 e. The molecule has 0 aromatic heterocycles. The minimum absolute atomic E-state index is 0.305. The Hall–Kier alpha value is -2.29. The highest BCUT2D eigenvalue weighted by molar-refractivity contribution is 5.88. The molecule has 1 aliphatic rings. The van der Waals surface area contributed by atoms with Crippen LogP contribution in [0.15, 0.2) is 48.5 Å². The van der Waals surface area contributed by atoms with Gasteiger partial charge in [0.2, 0.25) is 0 Å². The second kappa shape index (κ2) is 4.67. The number of fused-ring (bicyclic) bond motifs is 1. The van der Waals surface area contributed by atoms with Gasteiger partial charge in [0.25, 0.3) is 0 Å². The van der Waals surface area contributed by atoms with E-state index in [-0.39, 0.29) is 5.60 Å². The third-order valence-electron chi connectivity index (χ3n) is 3.65. The van der Waals surface area contributed by atoms with E-state index < -0.39 is 5.97 Å². The summed E-state index contributed by atoms with van der Waals surface area (Å²) in [5, 5.41) is 9.04. The molecule has 0 amide bonds. The van der Waals surface area contributed by atoms with E-state index in [0.29, 0.717) is 5.56 Å². The van der Waals surface area contributed by atoms with Crippen molar-refractivity contribution in [2.75, 3.05) is 0 Å². The maximum atomic E-state index is 11.0. The summed E-state index contributed by atoms with van der Waals surface area (Å²) >= 11 is 0. The number of ether oxygens (including phenoxy) is 1. The lowest BCUT2D eigenvalue weighted by Crippen LogP contribution is -2.32. The fourth-order valence-corrected chi connectivity index (χ4v) is 2.78. The van der Waals surface area contributed by atoms with Gasteiger partial charge in [0.15, 0.2) is 0 Å². The van der Waals surface area contributed by atoms with Crippen molar-refractivity contribution in [3.05, 3.63) is 65.2 Å². The Morgan fingerprint density at radius 1 is 1.25 bits per heavy atom. The summed E-state index contributed by atoms with van der Waals surface area (Å²) in [7, 11) is 0. The SMILES string of the molecule is CC1(Cc2ccccc2)Cc2cc(C(=O)O)ccc2O1. The molecule has 0 bridgehead atoms. The standard InChI is InChI=1S/C17H16O3/c1-17(10-12-5-3-2-4-6-12)11-14-9-13(16(18)19)7-8-15(14)20-17/h2-9H,10-11H2,1H3,(H,18,19). The van der Waals surface area contributed by atoms with Crippen LogP contribution >= 0.6 is 0 Å². The normalized spacial score (nSPS) is 20.2. The first-order valence-electron chi connectivity index (χ1n) is 6.65. The van der Waals surface area contributed by atoms with Gasteiger partial charge in [0.1, 0.15) is 11.4 Å². The van der Waals surface area contributed by atoms with Gasteiger partial charge in [-0.25, -0.2) is 4.79 Å². The number of carboxylic acid groups (broad SMARTS) is 1. The molecule has 1 N–H and O–H groups in total. The van der Waals surface area contributed by atoms with Gasteiger partial charge in [-0.1, -0.05) is 30.3 Å². The highest BCUT2D eigenvalue weighted by atomic mass is 16.5. The van der Waals surface area contributed by atoms with E-state index in [9.17, 15) is 4.79 Å². The van der Waals surface area contributed by atoms with Crippen molar-refractivity contribution in [1.82, 2.24) is 0 Å². The number of aromatic carboxylic acids is 1. The maximum absolute atomic E-state index is 11.0. The van der Waals surface area contributed by atoms with Crippen LogP contribution in [0.3, 0.4) is 0 Å². The van der Waals surface area contributed by atoms with Gasteiger partial charge in [-0.05, 0) is 36.2 Å². The van der Waals surface area contributed by atoms with Gasteiger partial charge < -0.3 is 9.84 Å². The van der Waals surface area contributed by atoms with E-state index in [1.807, 2.05) is 18.2 Å².